The molecule has 41 heavy (non-hydrogen) atoms. The minimum absolute atomic E-state index is 0.00442. The van der Waals surface area contributed by atoms with E-state index in [4.69, 9.17) is 37.9 Å². The minimum atomic E-state index is 0.00442. The molecular weight excluding hydrogens is 536 g/mol. The Morgan fingerprint density at radius 2 is 0.976 bits per heavy atom. The second-order valence-corrected chi connectivity index (χ2v) is 10.5. The van der Waals surface area contributed by atoms with E-state index < -0.39 is 0 Å². The van der Waals surface area contributed by atoms with Gasteiger partial charge >= 0.3 is 0 Å². The van der Waals surface area contributed by atoms with Crippen molar-refractivity contribution >= 4 is 0 Å². The van der Waals surface area contributed by atoms with Gasteiger partial charge in [-0.1, -0.05) is 31.2 Å². The molecule has 14 nitrogen and oxygen atoms in total. The molecule has 0 aliphatic rings. The monoisotopic (exact) mass is 586 g/mol. The first-order valence-corrected chi connectivity index (χ1v) is 14.1. The van der Waals surface area contributed by atoms with Gasteiger partial charge in [-0.25, -0.2) is 9.36 Å². The fraction of sp³-hybridized carbons (Fsp3) is 0.852. The van der Waals surface area contributed by atoms with Crippen LogP contribution in [-0.4, -0.2) is 123 Å². The summed E-state index contributed by atoms with van der Waals surface area (Å²) in [5.74, 6) is 0.187. The third-order valence-corrected chi connectivity index (χ3v) is 6.07. The predicted octanol–water partition coefficient (Wildman–Crippen LogP) is 1.62. The Labute approximate surface area is 243 Å². The van der Waals surface area contributed by atoms with Crippen molar-refractivity contribution in [3.05, 3.63) is 23.8 Å². The summed E-state index contributed by atoms with van der Waals surface area (Å²) < 4.78 is 47.2. The van der Waals surface area contributed by atoms with E-state index in [1.807, 2.05) is 12.4 Å². The van der Waals surface area contributed by atoms with Crippen LogP contribution in [0.15, 0.2) is 12.4 Å². The second kappa shape index (κ2) is 21.6. The summed E-state index contributed by atoms with van der Waals surface area (Å²) in [7, 11) is 3.30. The highest BCUT2D eigenvalue weighted by molar-refractivity contribution is 4.90. The molecule has 0 spiro atoms. The highest BCUT2D eigenvalue weighted by atomic mass is 16.5. The Morgan fingerprint density at radius 3 is 1.37 bits per heavy atom. The Bertz CT molecular complexity index is 827. The average molecular weight is 587 g/mol. The molecule has 0 fully saturated rings. The highest BCUT2D eigenvalue weighted by Crippen LogP contribution is 2.27. The first-order chi connectivity index (χ1) is 19.9. The molecule has 0 aliphatic carbocycles. The van der Waals surface area contributed by atoms with Crippen LogP contribution in [0.5, 0.6) is 0 Å². The number of rotatable bonds is 26. The third-order valence-electron chi connectivity index (χ3n) is 6.07. The molecule has 0 radical (unpaired) electrons. The van der Waals surface area contributed by atoms with E-state index in [0.29, 0.717) is 106 Å². The molecule has 0 saturated carbocycles. The van der Waals surface area contributed by atoms with Gasteiger partial charge in [-0.2, -0.15) is 0 Å². The SMILES string of the molecule is COCCOCCOCCn1cc(COCC(COCc2cn(CCOCCOCCOC)nn2)C(C)(C)C)nn1. The van der Waals surface area contributed by atoms with Crippen LogP contribution in [0.2, 0.25) is 0 Å². The average Bonchev–Trinajstić information content (AvgIpc) is 3.59. The first-order valence-electron chi connectivity index (χ1n) is 14.1. The van der Waals surface area contributed by atoms with E-state index in [0.717, 1.165) is 11.4 Å². The normalized spacial score (nSPS) is 12.1. The minimum Gasteiger partial charge on any atom is -0.382 e. The zero-order valence-corrected chi connectivity index (χ0v) is 25.5. The van der Waals surface area contributed by atoms with Crippen LogP contribution in [0.25, 0.3) is 0 Å². The summed E-state index contributed by atoms with van der Waals surface area (Å²) in [5, 5.41) is 16.7. The summed E-state index contributed by atoms with van der Waals surface area (Å²) >= 11 is 0. The van der Waals surface area contributed by atoms with Crippen molar-refractivity contribution in [2.75, 3.05) is 93.5 Å². The van der Waals surface area contributed by atoms with Crippen LogP contribution in [0.1, 0.15) is 32.2 Å². The summed E-state index contributed by atoms with van der Waals surface area (Å²) in [6.45, 7) is 15.2. The summed E-state index contributed by atoms with van der Waals surface area (Å²) in [5.41, 5.74) is 1.56. The standard InChI is InChI=1S/C27H50N6O8/c1-27(2,3)24(20-40-22-25-18-32(30-28-25)6-8-36-14-16-38-12-10-34-4)21-41-23-26-19-33(31-29-26)7-9-37-15-17-39-13-11-35-5/h18-19,24H,6-17,20-23H2,1-5H3. The van der Waals surface area contributed by atoms with Gasteiger partial charge in [0.05, 0.1) is 118 Å². The van der Waals surface area contributed by atoms with Gasteiger partial charge in [-0.05, 0) is 5.41 Å². The first kappa shape index (κ1) is 35.2. The Kier molecular flexibility index (Phi) is 18.5. The lowest BCUT2D eigenvalue weighted by atomic mass is 9.82. The molecule has 2 rings (SSSR count). The molecule has 14 heteroatoms. The van der Waals surface area contributed by atoms with Crippen LogP contribution in [0.3, 0.4) is 0 Å². The van der Waals surface area contributed by atoms with Crippen LogP contribution in [0.4, 0.5) is 0 Å². The molecular formula is C27H50N6O8. The van der Waals surface area contributed by atoms with Gasteiger partial charge in [-0.3, -0.25) is 0 Å². The Hall–Kier alpha value is -2.04. The number of ether oxygens (including phenoxy) is 8. The van der Waals surface area contributed by atoms with Crippen molar-refractivity contribution in [1.29, 1.82) is 0 Å². The topological polar surface area (TPSA) is 135 Å². The van der Waals surface area contributed by atoms with E-state index in [2.05, 4.69) is 41.4 Å². The van der Waals surface area contributed by atoms with Crippen molar-refractivity contribution in [2.45, 2.75) is 47.1 Å². The van der Waals surface area contributed by atoms with Gasteiger partial charge in [0.25, 0.3) is 0 Å². The van der Waals surface area contributed by atoms with Gasteiger partial charge in [0.15, 0.2) is 0 Å². The quantitative estimate of drug-likeness (QED) is 0.148. The highest BCUT2D eigenvalue weighted by Gasteiger charge is 2.25. The summed E-state index contributed by atoms with van der Waals surface area (Å²) in [6.07, 6.45) is 3.76. The molecule has 0 aromatic carbocycles. The molecule has 2 aromatic heterocycles. The van der Waals surface area contributed by atoms with Crippen molar-refractivity contribution in [3.63, 3.8) is 0 Å². The molecule has 0 aliphatic heterocycles. The zero-order chi connectivity index (χ0) is 29.6. The number of aromatic nitrogens is 6. The van der Waals surface area contributed by atoms with Crippen molar-refractivity contribution in [2.24, 2.45) is 11.3 Å². The lowest BCUT2D eigenvalue weighted by Gasteiger charge is -2.30. The van der Waals surface area contributed by atoms with Crippen LogP contribution in [-0.2, 0) is 64.2 Å². The largest absolute Gasteiger partial charge is 0.382 e. The van der Waals surface area contributed by atoms with Crippen LogP contribution in [0, 0.1) is 11.3 Å². The summed E-state index contributed by atoms with van der Waals surface area (Å²) in [6, 6.07) is 0. The van der Waals surface area contributed by atoms with E-state index in [-0.39, 0.29) is 11.3 Å². The van der Waals surface area contributed by atoms with Gasteiger partial charge < -0.3 is 37.9 Å². The molecule has 0 saturated heterocycles. The Balaban J connectivity index is 1.59. The predicted molar refractivity (Wildman–Crippen MR) is 149 cm³/mol. The molecule has 0 N–H and O–H groups in total. The molecule has 236 valence electrons. The van der Waals surface area contributed by atoms with E-state index in [1.54, 1.807) is 23.6 Å². The Morgan fingerprint density at radius 1 is 0.585 bits per heavy atom. The van der Waals surface area contributed by atoms with E-state index in [9.17, 15) is 0 Å². The maximum atomic E-state index is 5.99. The fourth-order valence-corrected chi connectivity index (χ4v) is 3.43. The molecule has 2 aromatic rings. The van der Waals surface area contributed by atoms with Crippen molar-refractivity contribution < 1.29 is 37.9 Å². The smallest absolute Gasteiger partial charge is 0.108 e. The third kappa shape index (κ3) is 16.9. The lowest BCUT2D eigenvalue weighted by Crippen LogP contribution is -2.29. The van der Waals surface area contributed by atoms with Crippen molar-refractivity contribution in [3.8, 4) is 0 Å². The van der Waals surface area contributed by atoms with Crippen molar-refractivity contribution in [1.82, 2.24) is 30.0 Å². The molecule has 0 atom stereocenters. The zero-order valence-electron chi connectivity index (χ0n) is 25.5. The number of hydrogen-bond donors (Lipinski definition) is 0. The molecule has 0 amide bonds. The number of hydrogen-bond acceptors (Lipinski definition) is 12. The number of nitrogens with zero attached hydrogens (tertiary/aromatic N) is 6. The maximum absolute atomic E-state index is 5.99. The van der Waals surface area contributed by atoms with E-state index >= 15 is 0 Å². The number of methoxy groups -OCH3 is 2. The fourth-order valence-electron chi connectivity index (χ4n) is 3.43. The lowest BCUT2D eigenvalue weighted by molar-refractivity contribution is -0.0155. The van der Waals surface area contributed by atoms with Crippen LogP contribution < -0.4 is 0 Å². The van der Waals surface area contributed by atoms with Crippen LogP contribution >= 0.6 is 0 Å². The molecule has 0 unspecified atom stereocenters. The van der Waals surface area contributed by atoms with Gasteiger partial charge in [0, 0.05) is 20.1 Å². The molecule has 0 bridgehead atoms. The van der Waals surface area contributed by atoms with Gasteiger partial charge in [0.2, 0.25) is 0 Å². The maximum Gasteiger partial charge on any atom is 0.108 e. The van der Waals surface area contributed by atoms with Gasteiger partial charge in [-0.15, -0.1) is 10.2 Å². The second-order valence-electron chi connectivity index (χ2n) is 10.5. The van der Waals surface area contributed by atoms with E-state index in [1.165, 1.54) is 0 Å². The van der Waals surface area contributed by atoms with Gasteiger partial charge in [0.1, 0.15) is 11.4 Å². The molecule has 2 heterocycles. The summed E-state index contributed by atoms with van der Waals surface area (Å²) in [4.78, 5) is 0.